The highest BCUT2D eigenvalue weighted by Crippen LogP contribution is 2.15. The Morgan fingerprint density at radius 1 is 0.964 bits per heavy atom. The van der Waals surface area contributed by atoms with E-state index in [2.05, 4.69) is 12.2 Å². The Bertz CT molecular complexity index is 375. The van der Waals surface area contributed by atoms with Gasteiger partial charge >= 0.3 is 0 Å². The van der Waals surface area contributed by atoms with Gasteiger partial charge < -0.3 is 23.7 Å². The quantitative estimate of drug-likeness (QED) is 0.133. The summed E-state index contributed by atoms with van der Waals surface area (Å²) in [6.45, 7) is 1.69. The van der Waals surface area contributed by atoms with Crippen molar-refractivity contribution in [3.05, 3.63) is 12.2 Å². The monoisotopic (exact) mass is 398 g/mol. The zero-order chi connectivity index (χ0) is 20.3. The number of allylic oxidation sites excluding steroid dienone is 2. The van der Waals surface area contributed by atoms with Gasteiger partial charge in [-0.3, -0.25) is 0 Å². The van der Waals surface area contributed by atoms with E-state index >= 15 is 0 Å². The third-order valence-corrected chi connectivity index (χ3v) is 5.30. The van der Waals surface area contributed by atoms with Crippen LogP contribution in [0.4, 0.5) is 0 Å². The number of methoxy groups -OCH3 is 2. The zero-order valence-electron chi connectivity index (χ0n) is 18.1. The minimum atomic E-state index is -0.210. The molecule has 0 radical (unpaired) electrons. The first-order valence-electron chi connectivity index (χ1n) is 11.2. The molecule has 5 heteroatoms. The third-order valence-electron chi connectivity index (χ3n) is 5.30. The molecule has 0 saturated carbocycles. The van der Waals surface area contributed by atoms with E-state index in [0.29, 0.717) is 0 Å². The van der Waals surface area contributed by atoms with Crippen LogP contribution in [0.1, 0.15) is 83.5 Å². The first-order chi connectivity index (χ1) is 13.8. The second kappa shape index (κ2) is 18.3. The predicted molar refractivity (Wildman–Crippen MR) is 112 cm³/mol. The van der Waals surface area contributed by atoms with Crippen molar-refractivity contribution in [2.24, 2.45) is 5.92 Å². The third kappa shape index (κ3) is 13.4. The summed E-state index contributed by atoms with van der Waals surface area (Å²) in [5, 5.41) is 0. The Balaban J connectivity index is 1.88. The van der Waals surface area contributed by atoms with Gasteiger partial charge in [-0.05, 0) is 57.8 Å². The summed E-state index contributed by atoms with van der Waals surface area (Å²) >= 11 is 0. The lowest BCUT2D eigenvalue weighted by Gasteiger charge is -2.22. The van der Waals surface area contributed by atoms with Gasteiger partial charge in [-0.15, -0.1) is 0 Å². The summed E-state index contributed by atoms with van der Waals surface area (Å²) in [7, 11) is 3.26. The van der Waals surface area contributed by atoms with Crippen LogP contribution in [0, 0.1) is 5.92 Å². The smallest absolute Gasteiger partial charge is 0.157 e. The molecule has 0 aromatic carbocycles. The van der Waals surface area contributed by atoms with Crippen molar-refractivity contribution in [2.75, 3.05) is 27.4 Å². The molecule has 1 fully saturated rings. The van der Waals surface area contributed by atoms with Crippen LogP contribution in [0.2, 0.25) is 0 Å². The Morgan fingerprint density at radius 2 is 1.71 bits per heavy atom. The van der Waals surface area contributed by atoms with Crippen molar-refractivity contribution >= 4 is 6.29 Å². The number of rotatable bonds is 18. The minimum absolute atomic E-state index is 0.0562. The lowest BCUT2D eigenvalue weighted by atomic mass is 10.00. The molecule has 0 spiro atoms. The summed E-state index contributed by atoms with van der Waals surface area (Å²) in [5.74, 6) is 0.0604. The predicted octanol–water partition coefficient (Wildman–Crippen LogP) is 5.42. The largest absolute Gasteiger partial charge is 0.356 e. The molecule has 2 atom stereocenters. The van der Waals surface area contributed by atoms with Gasteiger partial charge in [-0.25, -0.2) is 0 Å². The van der Waals surface area contributed by atoms with Crippen LogP contribution in [-0.4, -0.2) is 46.3 Å². The molecule has 0 N–H and O–H groups in total. The van der Waals surface area contributed by atoms with Crippen molar-refractivity contribution in [3.63, 3.8) is 0 Å². The zero-order valence-corrected chi connectivity index (χ0v) is 18.1. The van der Waals surface area contributed by atoms with Crippen molar-refractivity contribution in [3.8, 4) is 0 Å². The lowest BCUT2D eigenvalue weighted by Crippen LogP contribution is -2.22. The molecule has 1 heterocycles. The topological polar surface area (TPSA) is 54.0 Å². The molecule has 2 unspecified atom stereocenters. The maximum absolute atomic E-state index is 11.2. The number of aldehydes is 1. The summed E-state index contributed by atoms with van der Waals surface area (Å²) < 4.78 is 21.7. The Kier molecular flexibility index (Phi) is 16.5. The minimum Gasteiger partial charge on any atom is -0.356 e. The van der Waals surface area contributed by atoms with Gasteiger partial charge in [-0.2, -0.15) is 0 Å². The van der Waals surface area contributed by atoms with Crippen LogP contribution in [-0.2, 0) is 23.7 Å². The summed E-state index contributed by atoms with van der Waals surface area (Å²) in [6, 6.07) is 0. The lowest BCUT2D eigenvalue weighted by molar-refractivity contribution is -0.162. The highest BCUT2D eigenvalue weighted by molar-refractivity contribution is 5.53. The fourth-order valence-corrected chi connectivity index (χ4v) is 3.44. The molecule has 5 nitrogen and oxygen atoms in total. The second-order valence-corrected chi connectivity index (χ2v) is 7.66. The molecular formula is C23H42O5. The van der Waals surface area contributed by atoms with Crippen molar-refractivity contribution < 1.29 is 23.7 Å². The molecule has 1 saturated heterocycles. The first-order valence-corrected chi connectivity index (χ1v) is 11.2. The van der Waals surface area contributed by atoms with Crippen molar-refractivity contribution in [1.82, 2.24) is 0 Å². The van der Waals surface area contributed by atoms with E-state index in [4.69, 9.17) is 18.9 Å². The van der Waals surface area contributed by atoms with Crippen molar-refractivity contribution in [2.45, 2.75) is 96.1 Å². The van der Waals surface area contributed by atoms with Gasteiger partial charge in [0.2, 0.25) is 0 Å². The molecule has 1 aliphatic rings. The van der Waals surface area contributed by atoms with Crippen LogP contribution in [0.15, 0.2) is 12.2 Å². The molecular weight excluding hydrogens is 356 g/mol. The number of carbonyl (C=O) groups excluding carboxylic acids is 1. The Labute approximate surface area is 172 Å². The highest BCUT2D eigenvalue weighted by atomic mass is 16.7. The van der Waals surface area contributed by atoms with E-state index in [0.717, 1.165) is 58.0 Å². The van der Waals surface area contributed by atoms with E-state index in [1.807, 2.05) is 0 Å². The molecule has 0 amide bonds. The average molecular weight is 399 g/mol. The second-order valence-electron chi connectivity index (χ2n) is 7.66. The summed E-state index contributed by atoms with van der Waals surface area (Å²) in [5.41, 5.74) is 0. The van der Waals surface area contributed by atoms with Crippen LogP contribution in [0.3, 0.4) is 0 Å². The van der Waals surface area contributed by atoms with Gasteiger partial charge in [0.15, 0.2) is 12.6 Å². The maximum Gasteiger partial charge on any atom is 0.157 e. The summed E-state index contributed by atoms with van der Waals surface area (Å²) in [4.78, 5) is 11.2. The van der Waals surface area contributed by atoms with Gasteiger partial charge in [0.1, 0.15) is 6.29 Å². The number of hydrogen-bond donors (Lipinski definition) is 0. The van der Waals surface area contributed by atoms with Crippen LogP contribution < -0.4 is 0 Å². The van der Waals surface area contributed by atoms with Gasteiger partial charge in [0, 0.05) is 33.4 Å². The van der Waals surface area contributed by atoms with E-state index < -0.39 is 0 Å². The van der Waals surface area contributed by atoms with Gasteiger partial charge in [0.25, 0.3) is 0 Å². The molecule has 0 bridgehead atoms. The van der Waals surface area contributed by atoms with E-state index in [1.54, 1.807) is 14.2 Å². The number of hydrogen-bond acceptors (Lipinski definition) is 5. The Morgan fingerprint density at radius 3 is 2.39 bits per heavy atom. The average Bonchev–Trinajstić information content (AvgIpc) is 2.74. The van der Waals surface area contributed by atoms with Gasteiger partial charge in [-0.1, -0.05) is 37.8 Å². The van der Waals surface area contributed by atoms with E-state index in [1.165, 1.54) is 44.9 Å². The SMILES string of the molecule is COC(CCC(C=O)C/C=C\CCCCCCCCOC1CCCCO1)OC. The molecule has 1 aliphatic heterocycles. The van der Waals surface area contributed by atoms with Gasteiger partial charge in [0.05, 0.1) is 0 Å². The number of ether oxygens (including phenoxy) is 4. The van der Waals surface area contributed by atoms with Crippen molar-refractivity contribution in [1.29, 1.82) is 0 Å². The fourth-order valence-electron chi connectivity index (χ4n) is 3.44. The number of carbonyl (C=O) groups is 1. The van der Waals surface area contributed by atoms with Crippen LogP contribution in [0.25, 0.3) is 0 Å². The molecule has 0 aromatic heterocycles. The van der Waals surface area contributed by atoms with E-state index in [9.17, 15) is 4.79 Å². The Hall–Kier alpha value is -0.750. The first kappa shape index (κ1) is 25.3. The molecule has 0 aliphatic carbocycles. The normalized spacial score (nSPS) is 18.8. The maximum atomic E-state index is 11.2. The van der Waals surface area contributed by atoms with Crippen LogP contribution >= 0.6 is 0 Å². The number of unbranched alkanes of at least 4 members (excludes halogenated alkanes) is 6. The standard InChI is InChI=1S/C23H42O5/c1-25-22(26-2)17-16-21(20-24)14-10-8-6-4-3-5-7-9-12-18-27-23-15-11-13-19-28-23/h8,10,20-23H,3-7,9,11-19H2,1-2H3/b10-8-. The highest BCUT2D eigenvalue weighted by Gasteiger charge is 2.13. The molecule has 28 heavy (non-hydrogen) atoms. The fraction of sp³-hybridized carbons (Fsp3) is 0.870. The van der Waals surface area contributed by atoms with Crippen LogP contribution in [0.5, 0.6) is 0 Å². The molecule has 0 aromatic rings. The molecule has 1 rings (SSSR count). The van der Waals surface area contributed by atoms with E-state index in [-0.39, 0.29) is 18.5 Å². The molecule has 164 valence electrons. The summed E-state index contributed by atoms with van der Waals surface area (Å²) in [6.07, 6.45) is 19.7.